The summed E-state index contributed by atoms with van der Waals surface area (Å²) in [7, 11) is 1.89. The van der Waals surface area contributed by atoms with Crippen LogP contribution in [0.1, 0.15) is 5.56 Å². The molecule has 2 rings (SSSR count). The van der Waals surface area contributed by atoms with E-state index in [0.717, 1.165) is 20.4 Å². The fourth-order valence-electron chi connectivity index (χ4n) is 1.37. The van der Waals surface area contributed by atoms with Crippen LogP contribution in [-0.4, -0.2) is 9.78 Å². The molecule has 16 heavy (non-hydrogen) atoms. The molecule has 0 aliphatic rings. The highest BCUT2D eigenvalue weighted by Gasteiger charge is 2.05. The van der Waals surface area contributed by atoms with Crippen molar-refractivity contribution in [2.24, 2.45) is 12.8 Å². The standard InChI is InChI=1S/C11H12ClN3S/c1-15-7-10(6-14-15)16-11-4-9(12)3-2-8(11)5-13/h2-4,6-7H,5,13H2,1H3. The summed E-state index contributed by atoms with van der Waals surface area (Å²) in [6, 6.07) is 5.75. The number of aromatic nitrogens is 2. The van der Waals surface area contributed by atoms with Gasteiger partial charge in [0, 0.05) is 29.7 Å². The predicted octanol–water partition coefficient (Wildman–Crippen LogP) is 2.68. The van der Waals surface area contributed by atoms with Crippen LogP contribution in [0, 0.1) is 0 Å². The minimum atomic E-state index is 0.514. The summed E-state index contributed by atoms with van der Waals surface area (Å²) in [5, 5.41) is 4.85. The lowest BCUT2D eigenvalue weighted by Crippen LogP contribution is -1.97. The van der Waals surface area contributed by atoms with E-state index in [1.165, 1.54) is 0 Å². The van der Waals surface area contributed by atoms with E-state index in [4.69, 9.17) is 17.3 Å². The lowest BCUT2D eigenvalue weighted by atomic mass is 10.2. The number of halogens is 1. The third-order valence-electron chi connectivity index (χ3n) is 2.16. The number of nitrogens with two attached hydrogens (primary N) is 1. The van der Waals surface area contributed by atoms with E-state index in [9.17, 15) is 0 Å². The second-order valence-electron chi connectivity index (χ2n) is 3.41. The van der Waals surface area contributed by atoms with Crippen molar-refractivity contribution in [3.05, 3.63) is 41.2 Å². The molecule has 2 aromatic rings. The lowest BCUT2D eigenvalue weighted by molar-refractivity contribution is 0.766. The monoisotopic (exact) mass is 253 g/mol. The first-order valence-electron chi connectivity index (χ1n) is 4.84. The van der Waals surface area contributed by atoms with Crippen molar-refractivity contribution in [2.45, 2.75) is 16.3 Å². The fraction of sp³-hybridized carbons (Fsp3) is 0.182. The maximum Gasteiger partial charge on any atom is 0.0629 e. The van der Waals surface area contributed by atoms with Crippen molar-refractivity contribution >= 4 is 23.4 Å². The van der Waals surface area contributed by atoms with Gasteiger partial charge in [-0.3, -0.25) is 4.68 Å². The molecule has 0 saturated carbocycles. The van der Waals surface area contributed by atoms with Gasteiger partial charge in [-0.1, -0.05) is 29.4 Å². The summed E-state index contributed by atoms with van der Waals surface area (Å²) < 4.78 is 1.77. The highest BCUT2D eigenvalue weighted by Crippen LogP contribution is 2.31. The Morgan fingerprint density at radius 3 is 2.94 bits per heavy atom. The van der Waals surface area contributed by atoms with Gasteiger partial charge in [0.15, 0.2) is 0 Å². The zero-order valence-corrected chi connectivity index (χ0v) is 10.4. The summed E-state index contributed by atoms with van der Waals surface area (Å²) in [5.74, 6) is 0. The number of nitrogens with zero attached hydrogens (tertiary/aromatic N) is 2. The van der Waals surface area contributed by atoms with E-state index in [0.29, 0.717) is 6.54 Å². The summed E-state index contributed by atoms with van der Waals surface area (Å²) >= 11 is 7.60. The Morgan fingerprint density at radius 2 is 2.31 bits per heavy atom. The molecule has 0 fully saturated rings. The van der Waals surface area contributed by atoms with Crippen LogP contribution in [0.5, 0.6) is 0 Å². The van der Waals surface area contributed by atoms with Crippen LogP contribution in [0.2, 0.25) is 5.02 Å². The van der Waals surface area contributed by atoms with Crippen LogP contribution >= 0.6 is 23.4 Å². The van der Waals surface area contributed by atoms with E-state index in [1.54, 1.807) is 16.4 Å². The number of hydrogen-bond acceptors (Lipinski definition) is 3. The van der Waals surface area contributed by atoms with Gasteiger partial charge >= 0.3 is 0 Å². The van der Waals surface area contributed by atoms with Gasteiger partial charge in [0.2, 0.25) is 0 Å². The van der Waals surface area contributed by atoms with E-state index in [2.05, 4.69) is 5.10 Å². The second-order valence-corrected chi connectivity index (χ2v) is 4.96. The summed E-state index contributed by atoms with van der Waals surface area (Å²) in [4.78, 5) is 2.17. The SMILES string of the molecule is Cn1cc(Sc2cc(Cl)ccc2CN)cn1. The molecule has 84 valence electrons. The highest BCUT2D eigenvalue weighted by atomic mass is 35.5. The number of rotatable bonds is 3. The van der Waals surface area contributed by atoms with Gasteiger partial charge in [0.1, 0.15) is 0 Å². The molecule has 0 radical (unpaired) electrons. The van der Waals surface area contributed by atoms with Crippen molar-refractivity contribution in [2.75, 3.05) is 0 Å². The summed E-state index contributed by atoms with van der Waals surface area (Å²) in [6.45, 7) is 0.514. The van der Waals surface area contributed by atoms with E-state index < -0.39 is 0 Å². The van der Waals surface area contributed by atoms with Crippen molar-refractivity contribution in [3.8, 4) is 0 Å². The minimum absolute atomic E-state index is 0.514. The molecular formula is C11H12ClN3S. The molecular weight excluding hydrogens is 242 g/mol. The maximum absolute atomic E-state index is 5.97. The topological polar surface area (TPSA) is 43.8 Å². The van der Waals surface area contributed by atoms with Crippen molar-refractivity contribution in [3.63, 3.8) is 0 Å². The van der Waals surface area contributed by atoms with Crippen LogP contribution in [0.15, 0.2) is 40.4 Å². The van der Waals surface area contributed by atoms with Crippen LogP contribution in [0.3, 0.4) is 0 Å². The molecule has 1 aromatic carbocycles. The maximum atomic E-state index is 5.97. The Kier molecular flexibility index (Phi) is 3.53. The Bertz CT molecular complexity index is 496. The predicted molar refractivity (Wildman–Crippen MR) is 66.7 cm³/mol. The molecule has 0 bridgehead atoms. The van der Waals surface area contributed by atoms with Crippen LogP contribution < -0.4 is 5.73 Å². The van der Waals surface area contributed by atoms with Gasteiger partial charge in [0.05, 0.1) is 11.1 Å². The molecule has 3 nitrogen and oxygen atoms in total. The molecule has 0 aliphatic heterocycles. The zero-order valence-electron chi connectivity index (χ0n) is 8.85. The first-order valence-corrected chi connectivity index (χ1v) is 6.03. The smallest absolute Gasteiger partial charge is 0.0629 e. The average molecular weight is 254 g/mol. The van der Waals surface area contributed by atoms with Gasteiger partial charge < -0.3 is 5.73 Å². The molecule has 0 unspecified atom stereocenters. The molecule has 1 aromatic heterocycles. The Labute approximate surface area is 104 Å². The Morgan fingerprint density at radius 1 is 1.50 bits per heavy atom. The summed E-state index contributed by atoms with van der Waals surface area (Å²) in [5.41, 5.74) is 6.78. The lowest BCUT2D eigenvalue weighted by Gasteiger charge is -2.06. The van der Waals surface area contributed by atoms with Crippen molar-refractivity contribution in [1.29, 1.82) is 0 Å². The van der Waals surface area contributed by atoms with Crippen molar-refractivity contribution < 1.29 is 0 Å². The van der Waals surface area contributed by atoms with Gasteiger partial charge in [-0.2, -0.15) is 5.10 Å². The first-order chi connectivity index (χ1) is 7.69. The van der Waals surface area contributed by atoms with Crippen molar-refractivity contribution in [1.82, 2.24) is 9.78 Å². The quantitative estimate of drug-likeness (QED) is 0.915. The Balaban J connectivity index is 2.29. The molecule has 0 saturated heterocycles. The number of aryl methyl sites for hydroxylation is 1. The van der Waals surface area contributed by atoms with Crippen LogP contribution in [0.25, 0.3) is 0 Å². The molecule has 0 spiro atoms. The highest BCUT2D eigenvalue weighted by molar-refractivity contribution is 7.99. The Hall–Kier alpha value is -0.970. The molecule has 0 aliphatic carbocycles. The van der Waals surface area contributed by atoms with Crippen LogP contribution in [0.4, 0.5) is 0 Å². The average Bonchev–Trinajstić information content (AvgIpc) is 2.64. The molecule has 0 atom stereocenters. The third kappa shape index (κ3) is 2.58. The van der Waals surface area contributed by atoms with E-state index in [1.807, 2.05) is 37.6 Å². The first kappa shape index (κ1) is 11.5. The second kappa shape index (κ2) is 4.91. The molecule has 5 heteroatoms. The number of benzene rings is 1. The van der Waals surface area contributed by atoms with Crippen LogP contribution in [-0.2, 0) is 13.6 Å². The minimum Gasteiger partial charge on any atom is -0.326 e. The van der Waals surface area contributed by atoms with E-state index >= 15 is 0 Å². The zero-order chi connectivity index (χ0) is 11.5. The number of hydrogen-bond donors (Lipinski definition) is 1. The molecule has 1 heterocycles. The summed E-state index contributed by atoms with van der Waals surface area (Å²) in [6.07, 6.45) is 3.79. The normalized spacial score (nSPS) is 10.7. The van der Waals surface area contributed by atoms with Gasteiger partial charge in [-0.05, 0) is 17.7 Å². The van der Waals surface area contributed by atoms with Gasteiger partial charge in [0.25, 0.3) is 0 Å². The fourth-order valence-corrected chi connectivity index (χ4v) is 2.63. The van der Waals surface area contributed by atoms with Gasteiger partial charge in [-0.15, -0.1) is 0 Å². The molecule has 2 N–H and O–H groups in total. The third-order valence-corrected chi connectivity index (χ3v) is 3.44. The molecule has 0 amide bonds. The largest absolute Gasteiger partial charge is 0.326 e. The van der Waals surface area contributed by atoms with Gasteiger partial charge in [-0.25, -0.2) is 0 Å². The van der Waals surface area contributed by atoms with E-state index in [-0.39, 0.29) is 0 Å².